The average Bonchev–Trinajstić information content (AvgIpc) is 2.17. The van der Waals surface area contributed by atoms with Gasteiger partial charge in [-0.3, -0.25) is 0 Å². The second-order valence-electron chi connectivity index (χ2n) is 3.77. The van der Waals surface area contributed by atoms with Gasteiger partial charge >= 0.3 is 0 Å². The SMILES string of the molecule is COc1cc(C(N)C(C)C)ccc1N. The van der Waals surface area contributed by atoms with Gasteiger partial charge in [-0.25, -0.2) is 0 Å². The van der Waals surface area contributed by atoms with Crippen molar-refractivity contribution in [3.8, 4) is 5.75 Å². The fraction of sp³-hybridized carbons (Fsp3) is 0.455. The number of benzene rings is 1. The molecule has 3 nitrogen and oxygen atoms in total. The number of hydrogen-bond donors (Lipinski definition) is 2. The topological polar surface area (TPSA) is 61.3 Å². The highest BCUT2D eigenvalue weighted by Gasteiger charge is 2.11. The van der Waals surface area contributed by atoms with Gasteiger partial charge in [0.25, 0.3) is 0 Å². The van der Waals surface area contributed by atoms with Gasteiger partial charge in [0.05, 0.1) is 12.8 Å². The van der Waals surface area contributed by atoms with Crippen LogP contribution in [0.15, 0.2) is 18.2 Å². The summed E-state index contributed by atoms with van der Waals surface area (Å²) in [6, 6.07) is 5.71. The van der Waals surface area contributed by atoms with E-state index < -0.39 is 0 Å². The molecule has 1 atom stereocenters. The number of ether oxygens (including phenoxy) is 1. The molecule has 0 saturated carbocycles. The normalized spacial score (nSPS) is 12.9. The summed E-state index contributed by atoms with van der Waals surface area (Å²) in [5.41, 5.74) is 13.4. The first kappa shape index (κ1) is 10.9. The maximum Gasteiger partial charge on any atom is 0.142 e. The first-order chi connectivity index (χ1) is 6.56. The fourth-order valence-corrected chi connectivity index (χ4v) is 1.32. The van der Waals surface area contributed by atoms with E-state index in [0.717, 1.165) is 5.56 Å². The van der Waals surface area contributed by atoms with Gasteiger partial charge in [-0.2, -0.15) is 0 Å². The van der Waals surface area contributed by atoms with Gasteiger partial charge in [0.15, 0.2) is 0 Å². The molecule has 0 amide bonds. The van der Waals surface area contributed by atoms with E-state index in [1.807, 2.05) is 18.2 Å². The average molecular weight is 194 g/mol. The van der Waals surface area contributed by atoms with E-state index in [9.17, 15) is 0 Å². The molecule has 0 heterocycles. The third-order valence-electron chi connectivity index (χ3n) is 2.36. The Morgan fingerprint density at radius 3 is 2.43 bits per heavy atom. The highest BCUT2D eigenvalue weighted by atomic mass is 16.5. The van der Waals surface area contributed by atoms with Gasteiger partial charge in [-0.15, -0.1) is 0 Å². The molecular formula is C11H18N2O. The first-order valence-corrected chi connectivity index (χ1v) is 4.75. The predicted octanol–water partition coefficient (Wildman–Crippen LogP) is 1.93. The minimum atomic E-state index is 0.0319. The fourth-order valence-electron chi connectivity index (χ4n) is 1.32. The number of methoxy groups -OCH3 is 1. The van der Waals surface area contributed by atoms with Crippen LogP contribution in [0.1, 0.15) is 25.5 Å². The van der Waals surface area contributed by atoms with E-state index in [0.29, 0.717) is 17.4 Å². The Kier molecular flexibility index (Phi) is 3.36. The zero-order valence-corrected chi connectivity index (χ0v) is 8.95. The van der Waals surface area contributed by atoms with Crippen molar-refractivity contribution in [3.63, 3.8) is 0 Å². The molecule has 0 radical (unpaired) electrons. The second-order valence-corrected chi connectivity index (χ2v) is 3.77. The van der Waals surface area contributed by atoms with Crippen LogP contribution < -0.4 is 16.2 Å². The maximum atomic E-state index is 6.02. The summed E-state index contributed by atoms with van der Waals surface area (Å²) >= 11 is 0. The minimum absolute atomic E-state index is 0.0319. The predicted molar refractivity (Wildman–Crippen MR) is 59.2 cm³/mol. The van der Waals surface area contributed by atoms with Crippen molar-refractivity contribution in [1.29, 1.82) is 0 Å². The van der Waals surface area contributed by atoms with Crippen LogP contribution in [0, 0.1) is 5.92 Å². The zero-order chi connectivity index (χ0) is 10.7. The van der Waals surface area contributed by atoms with Gasteiger partial charge in [0.1, 0.15) is 5.75 Å². The van der Waals surface area contributed by atoms with E-state index in [1.54, 1.807) is 7.11 Å². The standard InChI is InChI=1S/C11H18N2O/c1-7(2)11(13)8-4-5-9(12)10(6-8)14-3/h4-7,11H,12-13H2,1-3H3. The van der Waals surface area contributed by atoms with Crippen LogP contribution in [-0.2, 0) is 0 Å². The molecule has 1 aromatic carbocycles. The lowest BCUT2D eigenvalue weighted by atomic mass is 9.97. The highest BCUT2D eigenvalue weighted by molar-refractivity contribution is 5.54. The second kappa shape index (κ2) is 4.33. The molecule has 1 unspecified atom stereocenters. The molecule has 0 aliphatic heterocycles. The Balaban J connectivity index is 3.00. The summed E-state index contributed by atoms with van der Waals surface area (Å²) in [4.78, 5) is 0. The van der Waals surface area contributed by atoms with E-state index in [4.69, 9.17) is 16.2 Å². The molecule has 0 spiro atoms. The molecule has 0 aromatic heterocycles. The summed E-state index contributed by atoms with van der Waals surface area (Å²) in [6.45, 7) is 4.18. The molecular weight excluding hydrogens is 176 g/mol. The third kappa shape index (κ3) is 2.17. The molecule has 0 fully saturated rings. The molecule has 1 aromatic rings. The van der Waals surface area contributed by atoms with Crippen molar-refractivity contribution >= 4 is 5.69 Å². The van der Waals surface area contributed by atoms with Crippen molar-refractivity contribution in [3.05, 3.63) is 23.8 Å². The summed E-state index contributed by atoms with van der Waals surface area (Å²) in [6.07, 6.45) is 0. The monoisotopic (exact) mass is 194 g/mol. The van der Waals surface area contributed by atoms with Crippen LogP contribution in [0.5, 0.6) is 5.75 Å². The van der Waals surface area contributed by atoms with Gasteiger partial charge < -0.3 is 16.2 Å². The maximum absolute atomic E-state index is 6.02. The van der Waals surface area contributed by atoms with Gasteiger partial charge in [-0.1, -0.05) is 19.9 Å². The number of nitrogens with two attached hydrogens (primary N) is 2. The number of hydrogen-bond acceptors (Lipinski definition) is 3. The number of nitrogen functional groups attached to an aromatic ring is 1. The van der Waals surface area contributed by atoms with Crippen LogP contribution in [0.25, 0.3) is 0 Å². The smallest absolute Gasteiger partial charge is 0.142 e. The van der Waals surface area contributed by atoms with Crippen molar-refractivity contribution in [2.75, 3.05) is 12.8 Å². The molecule has 78 valence electrons. The molecule has 3 heteroatoms. The largest absolute Gasteiger partial charge is 0.495 e. The summed E-state index contributed by atoms with van der Waals surface area (Å²) in [5.74, 6) is 1.10. The van der Waals surface area contributed by atoms with E-state index >= 15 is 0 Å². The van der Waals surface area contributed by atoms with Crippen LogP contribution in [0.2, 0.25) is 0 Å². The minimum Gasteiger partial charge on any atom is -0.495 e. The molecule has 0 aliphatic rings. The van der Waals surface area contributed by atoms with Crippen molar-refractivity contribution in [2.24, 2.45) is 11.7 Å². The number of anilines is 1. The Morgan fingerprint density at radius 2 is 1.93 bits per heavy atom. The molecule has 4 N–H and O–H groups in total. The molecule has 14 heavy (non-hydrogen) atoms. The summed E-state index contributed by atoms with van der Waals surface area (Å²) in [5, 5.41) is 0. The van der Waals surface area contributed by atoms with Gasteiger partial charge in [-0.05, 0) is 23.6 Å². The van der Waals surface area contributed by atoms with Crippen LogP contribution in [0.3, 0.4) is 0 Å². The van der Waals surface area contributed by atoms with E-state index in [2.05, 4.69) is 13.8 Å². The molecule has 1 rings (SSSR count). The quantitative estimate of drug-likeness (QED) is 0.723. The highest BCUT2D eigenvalue weighted by Crippen LogP contribution is 2.27. The Labute approximate surface area is 85.0 Å². The van der Waals surface area contributed by atoms with Crippen LogP contribution in [-0.4, -0.2) is 7.11 Å². The van der Waals surface area contributed by atoms with Crippen molar-refractivity contribution in [2.45, 2.75) is 19.9 Å². The molecule has 0 bridgehead atoms. The first-order valence-electron chi connectivity index (χ1n) is 4.75. The Morgan fingerprint density at radius 1 is 1.29 bits per heavy atom. The summed E-state index contributed by atoms with van der Waals surface area (Å²) in [7, 11) is 1.61. The van der Waals surface area contributed by atoms with E-state index in [1.165, 1.54) is 0 Å². The van der Waals surface area contributed by atoms with Gasteiger partial charge in [0.2, 0.25) is 0 Å². The Bertz CT molecular complexity index is 310. The van der Waals surface area contributed by atoms with Crippen LogP contribution in [0.4, 0.5) is 5.69 Å². The van der Waals surface area contributed by atoms with Gasteiger partial charge in [0, 0.05) is 6.04 Å². The lowest BCUT2D eigenvalue weighted by molar-refractivity contribution is 0.414. The van der Waals surface area contributed by atoms with Crippen molar-refractivity contribution < 1.29 is 4.74 Å². The molecule has 0 aliphatic carbocycles. The molecule has 0 saturated heterocycles. The Hall–Kier alpha value is -1.22. The van der Waals surface area contributed by atoms with E-state index in [-0.39, 0.29) is 6.04 Å². The van der Waals surface area contributed by atoms with Crippen LogP contribution >= 0.6 is 0 Å². The van der Waals surface area contributed by atoms with Crippen molar-refractivity contribution in [1.82, 2.24) is 0 Å². The lowest BCUT2D eigenvalue weighted by Gasteiger charge is -2.17. The zero-order valence-electron chi connectivity index (χ0n) is 8.95. The lowest BCUT2D eigenvalue weighted by Crippen LogP contribution is -2.16. The number of rotatable bonds is 3. The third-order valence-corrected chi connectivity index (χ3v) is 2.36. The summed E-state index contributed by atoms with van der Waals surface area (Å²) < 4.78 is 5.13.